The van der Waals surface area contributed by atoms with Crippen LogP contribution in [-0.4, -0.2) is 70.8 Å². The van der Waals surface area contributed by atoms with Gasteiger partial charge >= 0.3 is 11.9 Å². The van der Waals surface area contributed by atoms with Gasteiger partial charge in [-0.25, -0.2) is 0 Å². The Morgan fingerprint density at radius 1 is 0.867 bits per heavy atom. The molecular weight excluding hydrogens is 578 g/mol. The molecule has 246 valence electrons. The number of allylic oxidation sites excluding steroid dienone is 4. The molecule has 10 heteroatoms. The van der Waals surface area contributed by atoms with Crippen LogP contribution in [0.25, 0.3) is 0 Å². The van der Waals surface area contributed by atoms with Crippen LogP contribution >= 0.6 is 0 Å². The maximum Gasteiger partial charge on any atom is 0.325 e. The van der Waals surface area contributed by atoms with E-state index in [1.54, 1.807) is 24.3 Å². The van der Waals surface area contributed by atoms with E-state index in [0.717, 1.165) is 63.2 Å². The fraction of sp³-hybridized carbons (Fsp3) is 0.543. The summed E-state index contributed by atoms with van der Waals surface area (Å²) in [5.74, 6) is -2.71. The first-order chi connectivity index (χ1) is 21.7. The van der Waals surface area contributed by atoms with E-state index in [1.807, 2.05) is 30.3 Å². The summed E-state index contributed by atoms with van der Waals surface area (Å²) in [4.78, 5) is 45.9. The average Bonchev–Trinajstić information content (AvgIpc) is 3.41. The van der Waals surface area contributed by atoms with E-state index in [2.05, 4.69) is 6.08 Å². The molecule has 10 nitrogen and oxygen atoms in total. The fourth-order valence-electron chi connectivity index (χ4n) is 5.31. The zero-order valence-electron chi connectivity index (χ0n) is 26.1. The van der Waals surface area contributed by atoms with Crippen molar-refractivity contribution in [1.82, 2.24) is 0 Å². The Balaban J connectivity index is 0.000000243. The van der Waals surface area contributed by atoms with Crippen LogP contribution in [0, 0.1) is 17.9 Å². The maximum absolute atomic E-state index is 11.7. The van der Waals surface area contributed by atoms with E-state index in [-0.39, 0.29) is 61.2 Å². The number of ketones is 2. The summed E-state index contributed by atoms with van der Waals surface area (Å²) in [5, 5.41) is 25.8. The van der Waals surface area contributed by atoms with Crippen LogP contribution in [0.2, 0.25) is 0 Å². The summed E-state index contributed by atoms with van der Waals surface area (Å²) in [6.07, 6.45) is 18.1. The number of aliphatic hydroxyl groups excluding tert-OH is 3. The first-order valence-electron chi connectivity index (χ1n) is 15.7. The van der Waals surface area contributed by atoms with Gasteiger partial charge in [0.15, 0.2) is 24.1 Å². The molecule has 0 saturated heterocycles. The lowest BCUT2D eigenvalue weighted by Gasteiger charge is -2.26. The van der Waals surface area contributed by atoms with Crippen molar-refractivity contribution in [3.63, 3.8) is 0 Å². The first kappa shape index (κ1) is 37.7. The summed E-state index contributed by atoms with van der Waals surface area (Å²) in [7, 11) is 1.00. The third-order valence-electron chi connectivity index (χ3n) is 7.97. The number of nitrogens with two attached hydrogens (primary N) is 1. The van der Waals surface area contributed by atoms with Crippen LogP contribution < -0.4 is 5.73 Å². The van der Waals surface area contributed by atoms with Crippen LogP contribution in [-0.2, 0) is 35.3 Å². The van der Waals surface area contributed by atoms with Crippen molar-refractivity contribution in [1.29, 1.82) is 0 Å². The van der Waals surface area contributed by atoms with Gasteiger partial charge in [-0.15, -0.1) is 0 Å². The average molecular weight is 627 g/mol. The van der Waals surface area contributed by atoms with Crippen molar-refractivity contribution in [2.24, 2.45) is 17.6 Å². The van der Waals surface area contributed by atoms with Gasteiger partial charge in [-0.3, -0.25) is 19.2 Å². The number of rotatable bonds is 7. The molecule has 0 amide bonds. The number of benzene rings is 1. The highest BCUT2D eigenvalue weighted by Gasteiger charge is 2.40. The Morgan fingerprint density at radius 2 is 1.49 bits per heavy atom. The van der Waals surface area contributed by atoms with Gasteiger partial charge in [-0.2, -0.15) is 0 Å². The second-order valence-corrected chi connectivity index (χ2v) is 11.4. The summed E-state index contributed by atoms with van der Waals surface area (Å²) in [6, 6.07) is 9.71. The molecule has 3 fully saturated rings. The Hall–Kier alpha value is -3.53. The van der Waals surface area contributed by atoms with Crippen molar-refractivity contribution in [2.75, 3.05) is 13.7 Å². The minimum atomic E-state index is -1.19. The van der Waals surface area contributed by atoms with Crippen molar-refractivity contribution >= 4 is 23.5 Å². The van der Waals surface area contributed by atoms with Crippen LogP contribution in [0.5, 0.6) is 0 Å². The molecule has 5 rings (SSSR count). The zero-order chi connectivity index (χ0) is 33.0. The molecule has 4 unspecified atom stereocenters. The number of aliphatic hydroxyl groups is 3. The standard InChI is InChI=1S/C15H20O3.C13H11O4.C6H13NO.CH4O/c16-14-9-5-4-8-13(14)10-15(17)18-11-12-6-2-1-3-7-12;14-10-6-7-11(15)12(10)13(16)17-8-9-4-2-1-3-5-9;7-5-3-1-2-4-6(5)8;1-2/h1-3,6-7,13-14,16H,4-5,8-11H2;1-2,4-5,12H,6-8H2;5-6,8H,1-4,7H2;2H,1H3/q;+1;;. The molecular formula is C35H48NO9+. The molecule has 3 saturated carbocycles. The highest BCUT2D eigenvalue weighted by Crippen LogP contribution is 2.27. The molecule has 4 aliphatic rings. The van der Waals surface area contributed by atoms with Gasteiger partial charge in [-0.1, -0.05) is 56.0 Å². The Morgan fingerprint density at radius 3 is 2.04 bits per heavy atom. The van der Waals surface area contributed by atoms with Crippen LogP contribution in [0.4, 0.5) is 0 Å². The molecule has 0 heterocycles. The Labute approximate surface area is 266 Å². The fourth-order valence-corrected chi connectivity index (χ4v) is 5.31. The van der Waals surface area contributed by atoms with Crippen molar-refractivity contribution in [3.05, 3.63) is 71.8 Å². The topological polar surface area (TPSA) is 173 Å². The van der Waals surface area contributed by atoms with Gasteiger partial charge in [-0.05, 0) is 37.2 Å². The normalized spacial score (nSPS) is 23.9. The smallest absolute Gasteiger partial charge is 0.325 e. The van der Waals surface area contributed by atoms with E-state index < -0.39 is 11.9 Å². The molecule has 0 bridgehead atoms. The number of esters is 2. The largest absolute Gasteiger partial charge is 0.461 e. The third-order valence-corrected chi connectivity index (χ3v) is 7.97. The van der Waals surface area contributed by atoms with Gasteiger partial charge in [0, 0.05) is 38.1 Å². The van der Waals surface area contributed by atoms with Crippen LogP contribution in [0.15, 0.2) is 60.2 Å². The maximum atomic E-state index is 11.7. The SMILES string of the molecule is CO.NC1CCCCC1O.O=C(CC1CCCCC1O)OCc1ccccc1.O=C1CCC(=O)C1C(=O)OCC1=CC=C[C+]=C1. The summed E-state index contributed by atoms with van der Waals surface area (Å²) in [5.41, 5.74) is 7.30. The van der Waals surface area contributed by atoms with E-state index in [9.17, 15) is 24.3 Å². The van der Waals surface area contributed by atoms with E-state index in [0.29, 0.717) is 13.0 Å². The van der Waals surface area contributed by atoms with Gasteiger partial charge in [0.05, 0.1) is 30.3 Å². The van der Waals surface area contributed by atoms with Crippen molar-refractivity contribution in [2.45, 2.75) is 95.5 Å². The minimum Gasteiger partial charge on any atom is -0.461 e. The van der Waals surface area contributed by atoms with Gasteiger partial charge in [0.25, 0.3) is 0 Å². The lowest BCUT2D eigenvalue weighted by atomic mass is 9.84. The molecule has 1 aromatic rings. The van der Waals surface area contributed by atoms with Crippen molar-refractivity contribution in [3.8, 4) is 0 Å². The summed E-state index contributed by atoms with van der Waals surface area (Å²) >= 11 is 0. The molecule has 4 atom stereocenters. The van der Waals surface area contributed by atoms with E-state index in [4.69, 9.17) is 25.4 Å². The van der Waals surface area contributed by atoms with Crippen molar-refractivity contribution < 1.29 is 44.0 Å². The molecule has 4 aliphatic carbocycles. The summed E-state index contributed by atoms with van der Waals surface area (Å²) in [6.45, 7) is 0.385. The number of hydrogen-bond acceptors (Lipinski definition) is 10. The second-order valence-electron chi connectivity index (χ2n) is 11.4. The number of carbonyl (C=O) groups excluding carboxylic acids is 4. The Kier molecular flexibility index (Phi) is 17.8. The molecule has 5 N–H and O–H groups in total. The van der Waals surface area contributed by atoms with Gasteiger partial charge in [0.1, 0.15) is 18.8 Å². The number of carbonyl (C=O) groups is 4. The predicted molar refractivity (Wildman–Crippen MR) is 168 cm³/mol. The van der Waals surface area contributed by atoms with Crippen LogP contribution in [0.3, 0.4) is 0 Å². The molecule has 1 aromatic carbocycles. The minimum absolute atomic E-state index is 0.0590. The first-order valence-corrected chi connectivity index (χ1v) is 15.7. The predicted octanol–water partition coefficient (Wildman–Crippen LogP) is 3.46. The molecule has 0 spiro atoms. The molecule has 0 radical (unpaired) electrons. The van der Waals surface area contributed by atoms with Gasteiger partial charge < -0.3 is 30.5 Å². The second kappa shape index (κ2) is 21.2. The zero-order valence-corrected chi connectivity index (χ0v) is 26.1. The van der Waals surface area contributed by atoms with Crippen LogP contribution in [0.1, 0.15) is 76.2 Å². The molecule has 0 aliphatic heterocycles. The third kappa shape index (κ3) is 14.0. The van der Waals surface area contributed by atoms with E-state index in [1.165, 1.54) is 6.42 Å². The van der Waals surface area contributed by atoms with E-state index >= 15 is 0 Å². The highest BCUT2D eigenvalue weighted by molar-refractivity contribution is 6.21. The quantitative estimate of drug-likeness (QED) is 0.199. The lowest BCUT2D eigenvalue weighted by Crippen LogP contribution is -2.37. The number of Topliss-reactive ketones (excluding diaryl/α,β-unsaturated/α-hetero) is 2. The number of hydrogen-bond donors (Lipinski definition) is 4. The molecule has 45 heavy (non-hydrogen) atoms. The van der Waals surface area contributed by atoms with Gasteiger partial charge in [0.2, 0.25) is 0 Å². The number of ether oxygens (including phenoxy) is 2. The lowest BCUT2D eigenvalue weighted by molar-refractivity contribution is -0.152. The Bertz CT molecular complexity index is 1130. The highest BCUT2D eigenvalue weighted by atomic mass is 16.5. The molecule has 0 aromatic heterocycles. The summed E-state index contributed by atoms with van der Waals surface area (Å²) < 4.78 is 10.2. The monoisotopic (exact) mass is 626 g/mol.